The van der Waals surface area contributed by atoms with E-state index in [1.165, 1.54) is 19.2 Å². The lowest BCUT2D eigenvalue weighted by molar-refractivity contribution is -0.111. The van der Waals surface area contributed by atoms with Gasteiger partial charge in [0.05, 0.1) is 12.7 Å². The van der Waals surface area contributed by atoms with Crippen molar-refractivity contribution in [2.75, 3.05) is 7.11 Å². The van der Waals surface area contributed by atoms with Crippen LogP contribution in [0.25, 0.3) is 5.76 Å². The monoisotopic (exact) mass is 220 g/mol. The maximum atomic E-state index is 11.5. The molecule has 0 bridgehead atoms. The number of phenols is 1. The van der Waals surface area contributed by atoms with E-state index in [0.29, 0.717) is 5.75 Å². The van der Waals surface area contributed by atoms with E-state index in [4.69, 9.17) is 4.74 Å². The van der Waals surface area contributed by atoms with Crippen LogP contribution in [0.1, 0.15) is 15.9 Å². The number of Topliss-reactive ketones (excluding diaryl/α,β-unsaturated/α-hetero) is 1. The Morgan fingerprint density at radius 1 is 1.19 bits per heavy atom. The highest BCUT2D eigenvalue weighted by molar-refractivity contribution is 6.50. The molecule has 0 saturated carbocycles. The van der Waals surface area contributed by atoms with Crippen molar-refractivity contribution in [1.29, 1.82) is 0 Å². The summed E-state index contributed by atoms with van der Waals surface area (Å²) in [6.07, 6.45) is 0.823. The van der Waals surface area contributed by atoms with E-state index in [1.807, 2.05) is 0 Å². The minimum atomic E-state index is -0.856. The molecule has 16 heavy (non-hydrogen) atoms. The molecule has 2 rings (SSSR count). The van der Waals surface area contributed by atoms with Crippen molar-refractivity contribution in [3.8, 4) is 11.5 Å². The van der Waals surface area contributed by atoms with Gasteiger partial charge in [0.2, 0.25) is 11.6 Å². The molecule has 0 heterocycles. The van der Waals surface area contributed by atoms with Gasteiger partial charge >= 0.3 is 0 Å². The molecule has 1 aromatic rings. The van der Waals surface area contributed by atoms with Crippen LogP contribution in [-0.2, 0) is 4.79 Å². The van der Waals surface area contributed by atoms with Crippen LogP contribution in [0.3, 0.4) is 0 Å². The molecular weight excluding hydrogens is 212 g/mol. The van der Waals surface area contributed by atoms with Crippen LogP contribution in [0.15, 0.2) is 18.2 Å². The van der Waals surface area contributed by atoms with Crippen molar-refractivity contribution in [3.05, 3.63) is 29.3 Å². The number of hydrogen-bond acceptors (Lipinski definition) is 5. The Morgan fingerprint density at radius 2 is 1.88 bits per heavy atom. The van der Waals surface area contributed by atoms with Gasteiger partial charge in [0.1, 0.15) is 17.3 Å². The minimum Gasteiger partial charge on any atom is -0.507 e. The molecule has 1 aliphatic rings. The summed E-state index contributed by atoms with van der Waals surface area (Å²) in [4.78, 5) is 22.6. The Labute approximate surface area is 90.6 Å². The highest BCUT2D eigenvalue weighted by atomic mass is 16.5. The minimum absolute atomic E-state index is 0.0986. The number of carbonyl (C=O) groups excluding carboxylic acids is 2. The molecule has 0 atom stereocenters. The lowest BCUT2D eigenvalue weighted by atomic mass is 9.93. The van der Waals surface area contributed by atoms with Crippen molar-refractivity contribution < 1.29 is 24.5 Å². The third-order valence-corrected chi connectivity index (χ3v) is 2.32. The van der Waals surface area contributed by atoms with Gasteiger partial charge in [-0.15, -0.1) is 0 Å². The zero-order chi connectivity index (χ0) is 11.9. The van der Waals surface area contributed by atoms with E-state index in [9.17, 15) is 19.8 Å². The molecule has 0 amide bonds. The molecule has 2 N–H and O–H groups in total. The van der Waals surface area contributed by atoms with Gasteiger partial charge in [-0.3, -0.25) is 9.59 Å². The molecule has 0 saturated heterocycles. The summed E-state index contributed by atoms with van der Waals surface area (Å²) in [7, 11) is 1.39. The van der Waals surface area contributed by atoms with Gasteiger partial charge in [-0.25, -0.2) is 0 Å². The molecule has 1 aromatic carbocycles. The lowest BCUT2D eigenvalue weighted by Gasteiger charge is -2.14. The summed E-state index contributed by atoms with van der Waals surface area (Å²) in [5.74, 6) is -2.14. The molecule has 0 aromatic heterocycles. The smallest absolute Gasteiger partial charge is 0.237 e. The van der Waals surface area contributed by atoms with Gasteiger partial charge in [-0.1, -0.05) is 0 Å². The van der Waals surface area contributed by atoms with Crippen LogP contribution in [0, 0.1) is 0 Å². The highest BCUT2D eigenvalue weighted by Crippen LogP contribution is 2.34. The maximum Gasteiger partial charge on any atom is 0.237 e. The second-order valence-corrected chi connectivity index (χ2v) is 3.29. The van der Waals surface area contributed by atoms with Gasteiger partial charge in [-0.2, -0.15) is 0 Å². The molecule has 0 radical (unpaired) electrons. The summed E-state index contributed by atoms with van der Waals surface area (Å²) in [5.41, 5.74) is -0.0905. The van der Waals surface area contributed by atoms with Gasteiger partial charge < -0.3 is 14.9 Å². The second kappa shape index (κ2) is 3.37. The first-order chi connectivity index (χ1) is 7.54. The molecule has 0 fully saturated rings. The van der Waals surface area contributed by atoms with Crippen molar-refractivity contribution in [2.45, 2.75) is 0 Å². The number of allylic oxidation sites excluding steroid dienone is 1. The number of phenolic OH excluding ortho intramolecular Hbond substituents is 1. The number of benzene rings is 1. The Balaban J connectivity index is 2.75. The third kappa shape index (κ3) is 1.33. The van der Waals surface area contributed by atoms with Gasteiger partial charge in [0.25, 0.3) is 0 Å². The summed E-state index contributed by atoms with van der Waals surface area (Å²) in [6.45, 7) is 0. The largest absolute Gasteiger partial charge is 0.507 e. The number of aromatic hydroxyl groups is 1. The van der Waals surface area contributed by atoms with Crippen LogP contribution >= 0.6 is 0 Å². The van der Waals surface area contributed by atoms with Gasteiger partial charge in [0.15, 0.2) is 0 Å². The number of fused-ring (bicyclic) bond motifs is 1. The molecule has 5 nitrogen and oxygen atoms in total. The van der Waals surface area contributed by atoms with Crippen LogP contribution < -0.4 is 4.74 Å². The molecule has 0 spiro atoms. The first-order valence-corrected chi connectivity index (χ1v) is 4.45. The number of hydrogen-bond donors (Lipinski definition) is 2. The number of carbonyl (C=O) groups is 2. The van der Waals surface area contributed by atoms with E-state index in [2.05, 4.69) is 0 Å². The number of ketones is 2. The average molecular weight is 220 g/mol. The molecule has 5 heteroatoms. The third-order valence-electron chi connectivity index (χ3n) is 2.32. The summed E-state index contributed by atoms with van der Waals surface area (Å²) < 4.78 is 4.88. The maximum absolute atomic E-state index is 11.5. The molecule has 82 valence electrons. The Kier molecular flexibility index (Phi) is 2.16. The predicted molar refractivity (Wildman–Crippen MR) is 54.6 cm³/mol. The Bertz CT molecular complexity index is 527. The van der Waals surface area contributed by atoms with E-state index in [1.54, 1.807) is 0 Å². The fraction of sp³-hybridized carbons (Fsp3) is 0.0909. The summed E-state index contributed by atoms with van der Waals surface area (Å²) in [5, 5.41) is 19.1. The molecular formula is C11H8O5. The van der Waals surface area contributed by atoms with E-state index in [-0.39, 0.29) is 22.6 Å². The number of methoxy groups -OCH3 is 1. The first kappa shape index (κ1) is 10.2. The quantitative estimate of drug-likeness (QED) is 0.691. The van der Waals surface area contributed by atoms with Crippen LogP contribution in [0.4, 0.5) is 0 Å². The first-order valence-electron chi connectivity index (χ1n) is 4.45. The molecule has 0 aliphatic heterocycles. The van der Waals surface area contributed by atoms with Crippen LogP contribution in [0.5, 0.6) is 11.5 Å². The van der Waals surface area contributed by atoms with Gasteiger partial charge in [-0.05, 0) is 6.07 Å². The summed E-state index contributed by atoms with van der Waals surface area (Å²) in [6, 6.07) is 2.59. The van der Waals surface area contributed by atoms with Crippen molar-refractivity contribution in [2.24, 2.45) is 0 Å². The zero-order valence-corrected chi connectivity index (χ0v) is 8.35. The number of rotatable bonds is 1. The van der Waals surface area contributed by atoms with E-state index < -0.39 is 11.6 Å². The Hall–Kier alpha value is -2.30. The SMILES string of the molecule is COc1cc(O)c2c(c1)C(O)=CC(=O)C2=O. The summed E-state index contributed by atoms with van der Waals surface area (Å²) >= 11 is 0. The van der Waals surface area contributed by atoms with Crippen molar-refractivity contribution in [3.63, 3.8) is 0 Å². The lowest BCUT2D eigenvalue weighted by Crippen LogP contribution is -2.18. The van der Waals surface area contributed by atoms with E-state index in [0.717, 1.165) is 6.08 Å². The van der Waals surface area contributed by atoms with Crippen molar-refractivity contribution in [1.82, 2.24) is 0 Å². The average Bonchev–Trinajstić information content (AvgIpc) is 2.25. The van der Waals surface area contributed by atoms with Gasteiger partial charge in [0, 0.05) is 17.7 Å². The van der Waals surface area contributed by atoms with Crippen LogP contribution in [0.2, 0.25) is 0 Å². The topological polar surface area (TPSA) is 83.8 Å². The molecule has 0 unspecified atom stereocenters. The molecule has 1 aliphatic carbocycles. The second-order valence-electron chi connectivity index (χ2n) is 3.29. The van der Waals surface area contributed by atoms with E-state index >= 15 is 0 Å². The standard InChI is InChI=1S/C11H8O5/c1-16-5-2-6-7(12)4-9(14)11(15)10(6)8(13)3-5/h2-4,12-13H,1H3. The number of aliphatic hydroxyl groups excluding tert-OH is 1. The zero-order valence-electron chi connectivity index (χ0n) is 8.35. The van der Waals surface area contributed by atoms with Crippen LogP contribution in [-0.4, -0.2) is 28.9 Å². The predicted octanol–water partition coefficient (Wildman–Crippen LogP) is 1.07. The number of ether oxygens (including phenoxy) is 1. The number of aliphatic hydroxyl groups is 1. The van der Waals surface area contributed by atoms with Crippen molar-refractivity contribution >= 4 is 17.3 Å². The fourth-order valence-corrected chi connectivity index (χ4v) is 1.55. The Morgan fingerprint density at radius 3 is 2.50 bits per heavy atom. The fourth-order valence-electron chi connectivity index (χ4n) is 1.55. The normalized spacial score (nSPS) is 14.4. The highest BCUT2D eigenvalue weighted by Gasteiger charge is 2.29.